The highest BCUT2D eigenvalue weighted by atomic mass is 16.5. The van der Waals surface area contributed by atoms with Gasteiger partial charge in [-0.05, 0) is 43.7 Å². The maximum atomic E-state index is 5.57. The zero-order valence-electron chi connectivity index (χ0n) is 11.7. The fraction of sp³-hybridized carbons (Fsp3) is 0.438. The smallest absolute Gasteiger partial charge is 0.0702 e. The lowest BCUT2D eigenvalue weighted by Gasteiger charge is -2.17. The van der Waals surface area contributed by atoms with E-state index in [0.29, 0.717) is 6.04 Å². The Hall–Kier alpha value is -1.45. The average molecular weight is 258 g/mol. The maximum absolute atomic E-state index is 5.57. The van der Waals surface area contributed by atoms with E-state index in [4.69, 9.17) is 4.74 Å². The summed E-state index contributed by atoms with van der Waals surface area (Å²) in [6.07, 6.45) is 3.89. The second-order valence-electron chi connectivity index (χ2n) is 4.70. The van der Waals surface area contributed by atoms with Crippen LogP contribution in [0, 0.1) is 0 Å². The Balaban J connectivity index is 2.07. The molecule has 0 spiro atoms. The van der Waals surface area contributed by atoms with Crippen molar-refractivity contribution < 1.29 is 4.74 Å². The number of nitrogens with zero attached hydrogens (tertiary/aromatic N) is 1. The largest absolute Gasteiger partial charge is 0.381 e. The number of hydrogen-bond donors (Lipinski definition) is 1. The van der Waals surface area contributed by atoms with Crippen LogP contribution in [0.1, 0.15) is 31.4 Å². The first-order chi connectivity index (χ1) is 9.35. The molecule has 1 aromatic carbocycles. The summed E-state index contributed by atoms with van der Waals surface area (Å²) in [5.41, 5.74) is 2.34. The van der Waals surface area contributed by atoms with Crippen molar-refractivity contribution in [3.63, 3.8) is 0 Å². The first-order valence-corrected chi connectivity index (χ1v) is 6.95. The molecule has 0 aliphatic rings. The van der Waals surface area contributed by atoms with Crippen LogP contribution in [0.4, 0.5) is 0 Å². The number of fused-ring (bicyclic) bond motifs is 1. The SMILES string of the molecule is CCCOCCC(NC)c1ccc2ncccc2c1. The minimum absolute atomic E-state index is 0.335. The number of benzene rings is 1. The van der Waals surface area contributed by atoms with Crippen LogP contribution >= 0.6 is 0 Å². The van der Waals surface area contributed by atoms with E-state index < -0.39 is 0 Å². The van der Waals surface area contributed by atoms with Crippen molar-refractivity contribution in [3.8, 4) is 0 Å². The normalized spacial score (nSPS) is 12.7. The van der Waals surface area contributed by atoms with Gasteiger partial charge in [0.25, 0.3) is 0 Å². The number of pyridine rings is 1. The molecule has 0 aliphatic heterocycles. The fourth-order valence-corrected chi connectivity index (χ4v) is 2.24. The zero-order chi connectivity index (χ0) is 13.5. The summed E-state index contributed by atoms with van der Waals surface area (Å²) >= 11 is 0. The summed E-state index contributed by atoms with van der Waals surface area (Å²) < 4.78 is 5.57. The average Bonchev–Trinajstić information content (AvgIpc) is 2.47. The summed E-state index contributed by atoms with van der Waals surface area (Å²) in [5.74, 6) is 0. The minimum atomic E-state index is 0.335. The first kappa shape index (κ1) is 14.0. The Morgan fingerprint density at radius 3 is 2.95 bits per heavy atom. The molecule has 1 aromatic heterocycles. The Kier molecular flexibility index (Phi) is 5.31. The van der Waals surface area contributed by atoms with E-state index in [0.717, 1.165) is 31.6 Å². The van der Waals surface area contributed by atoms with E-state index >= 15 is 0 Å². The van der Waals surface area contributed by atoms with E-state index in [1.807, 2.05) is 19.3 Å². The molecule has 1 heterocycles. The van der Waals surface area contributed by atoms with Crippen molar-refractivity contribution in [2.75, 3.05) is 20.3 Å². The van der Waals surface area contributed by atoms with Crippen LogP contribution in [0.5, 0.6) is 0 Å². The molecule has 0 aliphatic carbocycles. The number of ether oxygens (including phenoxy) is 1. The van der Waals surface area contributed by atoms with Crippen molar-refractivity contribution in [1.82, 2.24) is 10.3 Å². The van der Waals surface area contributed by atoms with Gasteiger partial charge in [0.2, 0.25) is 0 Å². The Morgan fingerprint density at radius 1 is 1.26 bits per heavy atom. The number of aromatic nitrogens is 1. The highest BCUT2D eigenvalue weighted by Gasteiger charge is 2.09. The summed E-state index contributed by atoms with van der Waals surface area (Å²) in [6.45, 7) is 3.77. The van der Waals surface area contributed by atoms with Gasteiger partial charge < -0.3 is 10.1 Å². The van der Waals surface area contributed by atoms with Gasteiger partial charge in [0.15, 0.2) is 0 Å². The summed E-state index contributed by atoms with van der Waals surface area (Å²) in [7, 11) is 2.00. The molecule has 2 aromatic rings. The molecular weight excluding hydrogens is 236 g/mol. The lowest BCUT2D eigenvalue weighted by Crippen LogP contribution is -2.18. The van der Waals surface area contributed by atoms with Crippen molar-refractivity contribution in [3.05, 3.63) is 42.1 Å². The molecule has 19 heavy (non-hydrogen) atoms. The highest BCUT2D eigenvalue weighted by molar-refractivity contribution is 5.79. The summed E-state index contributed by atoms with van der Waals surface area (Å²) in [5, 5.41) is 4.55. The van der Waals surface area contributed by atoms with Crippen molar-refractivity contribution in [1.29, 1.82) is 0 Å². The van der Waals surface area contributed by atoms with Gasteiger partial charge in [-0.15, -0.1) is 0 Å². The molecule has 0 saturated carbocycles. The standard InChI is InChI=1S/C16H22N2O/c1-3-10-19-11-8-15(17-2)14-6-7-16-13(12-14)5-4-9-18-16/h4-7,9,12,15,17H,3,8,10-11H2,1-2H3. The predicted molar refractivity (Wildman–Crippen MR) is 79.3 cm³/mol. The van der Waals surface area contributed by atoms with Crippen LogP contribution in [0.25, 0.3) is 10.9 Å². The van der Waals surface area contributed by atoms with Gasteiger partial charge in [-0.2, -0.15) is 0 Å². The van der Waals surface area contributed by atoms with Crippen LogP contribution in [0.15, 0.2) is 36.5 Å². The monoisotopic (exact) mass is 258 g/mol. The van der Waals surface area contributed by atoms with Gasteiger partial charge in [0.05, 0.1) is 5.52 Å². The zero-order valence-corrected chi connectivity index (χ0v) is 11.7. The second-order valence-corrected chi connectivity index (χ2v) is 4.70. The third-order valence-electron chi connectivity index (χ3n) is 3.28. The molecule has 2 rings (SSSR count). The molecule has 0 fully saturated rings. The minimum Gasteiger partial charge on any atom is -0.381 e. The van der Waals surface area contributed by atoms with Gasteiger partial charge in [-0.25, -0.2) is 0 Å². The van der Waals surface area contributed by atoms with E-state index in [1.54, 1.807) is 0 Å². The van der Waals surface area contributed by atoms with Gasteiger partial charge in [0.1, 0.15) is 0 Å². The van der Waals surface area contributed by atoms with Gasteiger partial charge >= 0.3 is 0 Å². The molecule has 0 bridgehead atoms. The highest BCUT2D eigenvalue weighted by Crippen LogP contribution is 2.21. The molecule has 0 amide bonds. The van der Waals surface area contributed by atoms with Crippen LogP contribution in [-0.2, 0) is 4.74 Å². The lowest BCUT2D eigenvalue weighted by molar-refractivity contribution is 0.125. The maximum Gasteiger partial charge on any atom is 0.0702 e. The van der Waals surface area contributed by atoms with Crippen LogP contribution in [0.2, 0.25) is 0 Å². The van der Waals surface area contributed by atoms with Crippen molar-refractivity contribution >= 4 is 10.9 Å². The van der Waals surface area contributed by atoms with E-state index in [9.17, 15) is 0 Å². The first-order valence-electron chi connectivity index (χ1n) is 6.95. The number of nitrogens with one attached hydrogen (secondary N) is 1. The van der Waals surface area contributed by atoms with E-state index in [-0.39, 0.29) is 0 Å². The number of hydrogen-bond acceptors (Lipinski definition) is 3. The fourth-order valence-electron chi connectivity index (χ4n) is 2.24. The van der Waals surface area contributed by atoms with E-state index in [1.165, 1.54) is 10.9 Å². The molecule has 1 N–H and O–H groups in total. The van der Waals surface area contributed by atoms with Crippen molar-refractivity contribution in [2.24, 2.45) is 0 Å². The van der Waals surface area contributed by atoms with Gasteiger partial charge in [-0.3, -0.25) is 4.98 Å². The third kappa shape index (κ3) is 3.75. The lowest BCUT2D eigenvalue weighted by atomic mass is 10.0. The Labute approximate surface area is 115 Å². The molecule has 3 heteroatoms. The molecule has 3 nitrogen and oxygen atoms in total. The summed E-state index contributed by atoms with van der Waals surface area (Å²) in [4.78, 5) is 4.35. The molecule has 102 valence electrons. The molecule has 0 radical (unpaired) electrons. The topological polar surface area (TPSA) is 34.1 Å². The third-order valence-corrected chi connectivity index (χ3v) is 3.28. The predicted octanol–water partition coefficient (Wildman–Crippen LogP) is 3.31. The van der Waals surface area contributed by atoms with E-state index in [2.05, 4.69) is 41.5 Å². The van der Waals surface area contributed by atoms with Crippen LogP contribution in [0.3, 0.4) is 0 Å². The van der Waals surface area contributed by atoms with Crippen molar-refractivity contribution in [2.45, 2.75) is 25.8 Å². The van der Waals surface area contributed by atoms with Gasteiger partial charge in [0, 0.05) is 30.8 Å². The molecule has 0 saturated heterocycles. The number of rotatable bonds is 7. The summed E-state index contributed by atoms with van der Waals surface area (Å²) in [6, 6.07) is 10.9. The van der Waals surface area contributed by atoms with Crippen LogP contribution < -0.4 is 5.32 Å². The van der Waals surface area contributed by atoms with Gasteiger partial charge in [-0.1, -0.05) is 19.1 Å². The second kappa shape index (κ2) is 7.22. The quantitative estimate of drug-likeness (QED) is 0.774. The molecule has 1 unspecified atom stereocenters. The van der Waals surface area contributed by atoms with Crippen LogP contribution in [-0.4, -0.2) is 25.2 Å². The Bertz CT molecular complexity index is 513. The molecular formula is C16H22N2O. The molecule has 1 atom stereocenters. The Morgan fingerprint density at radius 2 is 2.16 bits per heavy atom.